The Hall–Kier alpha value is -2.11. The van der Waals surface area contributed by atoms with Gasteiger partial charge in [0.05, 0.1) is 11.3 Å². The topological polar surface area (TPSA) is 90.7 Å². The van der Waals surface area contributed by atoms with Gasteiger partial charge in [0.1, 0.15) is 5.54 Å². The van der Waals surface area contributed by atoms with Gasteiger partial charge in [0.15, 0.2) is 4.34 Å². The number of nitriles is 1. The summed E-state index contributed by atoms with van der Waals surface area (Å²) in [6.45, 7) is 11.5. The van der Waals surface area contributed by atoms with Crippen LogP contribution in [0.1, 0.15) is 38.8 Å². The molecule has 27 heavy (non-hydrogen) atoms. The van der Waals surface area contributed by atoms with Crippen molar-refractivity contribution in [1.29, 1.82) is 5.26 Å². The largest absolute Gasteiger partial charge is 0.337 e. The Bertz CT molecular complexity index is 858. The molecule has 8 heteroatoms. The predicted octanol–water partition coefficient (Wildman–Crippen LogP) is 4.43. The number of aromatic nitrogens is 2. The van der Waals surface area contributed by atoms with E-state index in [9.17, 15) is 10.1 Å². The van der Waals surface area contributed by atoms with E-state index < -0.39 is 5.54 Å². The molecule has 1 aromatic carbocycles. The van der Waals surface area contributed by atoms with Crippen LogP contribution in [0.3, 0.4) is 0 Å². The molecule has 0 aliphatic carbocycles. The molecule has 0 aliphatic heterocycles. The van der Waals surface area contributed by atoms with E-state index in [1.165, 1.54) is 28.7 Å². The quantitative estimate of drug-likeness (QED) is 0.665. The van der Waals surface area contributed by atoms with E-state index >= 15 is 0 Å². The molecule has 2 atom stereocenters. The van der Waals surface area contributed by atoms with Crippen molar-refractivity contribution < 1.29 is 4.79 Å². The first kappa shape index (κ1) is 21.2. The highest BCUT2D eigenvalue weighted by molar-refractivity contribution is 8.02. The summed E-state index contributed by atoms with van der Waals surface area (Å²) >= 11 is 2.74. The van der Waals surface area contributed by atoms with Gasteiger partial charge in [-0.05, 0) is 45.2 Å². The first-order chi connectivity index (χ1) is 12.6. The number of amides is 1. The number of rotatable bonds is 7. The van der Waals surface area contributed by atoms with Crippen LogP contribution in [0.4, 0.5) is 10.8 Å². The molecule has 0 aliphatic rings. The van der Waals surface area contributed by atoms with Gasteiger partial charge in [0, 0.05) is 5.69 Å². The van der Waals surface area contributed by atoms with Crippen molar-refractivity contribution in [2.45, 2.75) is 56.7 Å². The van der Waals surface area contributed by atoms with Crippen LogP contribution in [0.15, 0.2) is 22.5 Å². The molecule has 6 nitrogen and oxygen atoms in total. The lowest BCUT2D eigenvalue weighted by Crippen LogP contribution is -2.51. The zero-order valence-corrected chi connectivity index (χ0v) is 18.1. The Balaban J connectivity index is 2.00. The minimum atomic E-state index is -0.886. The maximum Gasteiger partial charge on any atom is 0.234 e. The van der Waals surface area contributed by atoms with Gasteiger partial charge in [0.25, 0.3) is 0 Å². The van der Waals surface area contributed by atoms with Gasteiger partial charge in [-0.25, -0.2) is 0 Å². The van der Waals surface area contributed by atoms with Gasteiger partial charge in [0.2, 0.25) is 11.0 Å². The standard InChI is InChI=1S/C19H25N5OS2/c1-11(2)19(6,10-20)22-16(25)14(5)26-18-24-23-17(27-18)21-15-8-7-12(3)9-13(15)4/h7-9,11,14H,1-6H3,(H,21,23)(H,22,25)/t14-,19+/m0/s1. The van der Waals surface area contributed by atoms with Crippen molar-refractivity contribution in [1.82, 2.24) is 15.5 Å². The van der Waals surface area contributed by atoms with Crippen LogP contribution < -0.4 is 10.6 Å². The molecular weight excluding hydrogens is 378 g/mol. The average Bonchev–Trinajstić information content (AvgIpc) is 3.04. The molecule has 0 radical (unpaired) electrons. The Kier molecular flexibility index (Phi) is 6.84. The number of hydrogen-bond acceptors (Lipinski definition) is 7. The summed E-state index contributed by atoms with van der Waals surface area (Å²) in [4.78, 5) is 12.5. The molecule has 0 bridgehead atoms. The number of carbonyl (C=O) groups is 1. The van der Waals surface area contributed by atoms with Gasteiger partial charge in [-0.2, -0.15) is 5.26 Å². The second-order valence-electron chi connectivity index (χ2n) is 7.03. The normalized spacial score (nSPS) is 14.3. The van der Waals surface area contributed by atoms with Crippen LogP contribution in [0.2, 0.25) is 0 Å². The van der Waals surface area contributed by atoms with E-state index in [1.54, 1.807) is 13.8 Å². The molecule has 0 saturated heterocycles. The number of anilines is 2. The highest BCUT2D eigenvalue weighted by atomic mass is 32.2. The first-order valence-electron chi connectivity index (χ1n) is 8.72. The summed E-state index contributed by atoms with van der Waals surface area (Å²) in [7, 11) is 0. The van der Waals surface area contributed by atoms with Gasteiger partial charge < -0.3 is 10.6 Å². The van der Waals surface area contributed by atoms with Crippen LogP contribution in [0.5, 0.6) is 0 Å². The van der Waals surface area contributed by atoms with Crippen LogP contribution in [0.25, 0.3) is 0 Å². The van der Waals surface area contributed by atoms with Gasteiger partial charge >= 0.3 is 0 Å². The number of nitrogens with zero attached hydrogens (tertiary/aromatic N) is 3. The fourth-order valence-corrected chi connectivity index (χ4v) is 4.15. The second kappa shape index (κ2) is 8.72. The molecule has 0 fully saturated rings. The fraction of sp³-hybridized carbons (Fsp3) is 0.474. The fourth-order valence-electron chi connectivity index (χ4n) is 2.24. The Morgan fingerprint density at radius 2 is 2.00 bits per heavy atom. The molecule has 2 rings (SSSR count). The van der Waals surface area contributed by atoms with Crippen molar-refractivity contribution in [3.05, 3.63) is 29.3 Å². The van der Waals surface area contributed by atoms with Gasteiger partial charge in [-0.1, -0.05) is 54.6 Å². The van der Waals surface area contributed by atoms with Crippen molar-refractivity contribution in [2.75, 3.05) is 5.32 Å². The van der Waals surface area contributed by atoms with Crippen molar-refractivity contribution in [2.24, 2.45) is 5.92 Å². The summed E-state index contributed by atoms with van der Waals surface area (Å²) in [5, 5.41) is 24.1. The second-order valence-corrected chi connectivity index (χ2v) is 9.60. The summed E-state index contributed by atoms with van der Waals surface area (Å²) in [5.74, 6) is -0.171. The summed E-state index contributed by atoms with van der Waals surface area (Å²) < 4.78 is 0.702. The predicted molar refractivity (Wildman–Crippen MR) is 111 cm³/mol. The SMILES string of the molecule is Cc1ccc(Nc2nnc(S[C@@H](C)C(=O)N[C@](C)(C#N)C(C)C)s2)c(C)c1. The molecular formula is C19H25N5OS2. The zero-order chi connectivity index (χ0) is 20.2. The van der Waals surface area contributed by atoms with E-state index in [1.807, 2.05) is 32.9 Å². The molecule has 2 aromatic rings. The van der Waals surface area contributed by atoms with Gasteiger partial charge in [-0.3, -0.25) is 4.79 Å². The van der Waals surface area contributed by atoms with Crippen LogP contribution in [-0.2, 0) is 4.79 Å². The number of benzene rings is 1. The van der Waals surface area contributed by atoms with E-state index in [0.717, 1.165) is 11.3 Å². The van der Waals surface area contributed by atoms with E-state index in [-0.39, 0.29) is 17.1 Å². The third-order valence-electron chi connectivity index (χ3n) is 4.45. The third-order valence-corrected chi connectivity index (χ3v) is 6.47. The monoisotopic (exact) mass is 403 g/mol. The molecule has 1 heterocycles. The molecule has 2 N–H and O–H groups in total. The highest BCUT2D eigenvalue weighted by Gasteiger charge is 2.32. The maximum absolute atomic E-state index is 12.5. The number of thioether (sulfide) groups is 1. The van der Waals surface area contributed by atoms with Crippen LogP contribution in [0, 0.1) is 31.1 Å². The molecule has 0 saturated carbocycles. The smallest absolute Gasteiger partial charge is 0.234 e. The van der Waals surface area contributed by atoms with Crippen molar-refractivity contribution >= 4 is 39.8 Å². The van der Waals surface area contributed by atoms with E-state index in [2.05, 4.69) is 39.9 Å². The van der Waals surface area contributed by atoms with E-state index in [4.69, 9.17) is 0 Å². The number of carbonyl (C=O) groups excluding carboxylic acids is 1. The number of aryl methyl sites for hydroxylation is 2. The molecule has 1 amide bonds. The number of nitrogens with one attached hydrogen (secondary N) is 2. The lowest BCUT2D eigenvalue weighted by atomic mass is 9.90. The summed E-state index contributed by atoms with van der Waals surface area (Å²) in [5.41, 5.74) is 2.44. The van der Waals surface area contributed by atoms with Gasteiger partial charge in [-0.15, -0.1) is 10.2 Å². The zero-order valence-electron chi connectivity index (χ0n) is 16.5. The van der Waals surface area contributed by atoms with Crippen LogP contribution >= 0.6 is 23.1 Å². The summed E-state index contributed by atoms with van der Waals surface area (Å²) in [6, 6.07) is 8.35. The molecule has 0 unspecified atom stereocenters. The van der Waals surface area contributed by atoms with Crippen molar-refractivity contribution in [3.8, 4) is 6.07 Å². The lowest BCUT2D eigenvalue weighted by Gasteiger charge is -2.28. The third kappa shape index (κ3) is 5.44. The lowest BCUT2D eigenvalue weighted by molar-refractivity contribution is -0.121. The van der Waals surface area contributed by atoms with E-state index in [0.29, 0.717) is 9.47 Å². The maximum atomic E-state index is 12.5. The average molecular weight is 404 g/mol. The Labute approximate surface area is 168 Å². The summed E-state index contributed by atoms with van der Waals surface area (Å²) in [6.07, 6.45) is 0. The van der Waals surface area contributed by atoms with Crippen molar-refractivity contribution in [3.63, 3.8) is 0 Å². The Morgan fingerprint density at radius 1 is 1.30 bits per heavy atom. The molecule has 144 valence electrons. The first-order valence-corrected chi connectivity index (χ1v) is 10.4. The minimum Gasteiger partial charge on any atom is -0.337 e. The van der Waals surface area contributed by atoms with Crippen LogP contribution in [-0.4, -0.2) is 26.9 Å². The molecule has 1 aromatic heterocycles. The Morgan fingerprint density at radius 3 is 2.59 bits per heavy atom. The molecule has 0 spiro atoms. The highest BCUT2D eigenvalue weighted by Crippen LogP contribution is 2.31. The minimum absolute atomic E-state index is 0.0127. The number of hydrogen-bond donors (Lipinski definition) is 2.